The molecule has 0 amide bonds. The zero-order valence-electron chi connectivity index (χ0n) is 9.60. The molecule has 2 aromatic heterocycles. The van der Waals surface area contributed by atoms with E-state index >= 15 is 0 Å². The molecule has 0 saturated heterocycles. The van der Waals surface area contributed by atoms with E-state index in [4.69, 9.17) is 0 Å². The van der Waals surface area contributed by atoms with Crippen molar-refractivity contribution in [2.75, 3.05) is 0 Å². The number of imidazole rings is 1. The van der Waals surface area contributed by atoms with Crippen molar-refractivity contribution >= 4 is 17.3 Å². The summed E-state index contributed by atoms with van der Waals surface area (Å²) in [5.41, 5.74) is 3.28. The van der Waals surface area contributed by atoms with Crippen LogP contribution in [-0.4, -0.2) is 26.0 Å². The largest absolute Gasteiger partial charge is 0.323 e. The molecule has 3 rings (SSSR count). The van der Waals surface area contributed by atoms with E-state index in [1.807, 2.05) is 12.1 Å². The zero-order valence-corrected chi connectivity index (χ0v) is 9.60. The minimum absolute atomic E-state index is 0.247. The van der Waals surface area contributed by atoms with E-state index in [0.717, 1.165) is 23.1 Å². The molecule has 3 aromatic rings. The molecular weight excluding hydrogens is 232 g/mol. The second-order valence-electron chi connectivity index (χ2n) is 4.03. The minimum Gasteiger partial charge on any atom is -0.306 e. The Hall–Kier alpha value is -2.63. The third kappa shape index (κ3) is 1.46. The minimum atomic E-state index is -0.247. The molecule has 90 valence electrons. The van der Waals surface area contributed by atoms with Crippen LogP contribution < -0.4 is 5.69 Å². The fourth-order valence-electron chi connectivity index (χ4n) is 2.07. The number of carbonyl (C=O) groups is 1. The van der Waals surface area contributed by atoms with E-state index in [-0.39, 0.29) is 5.69 Å². The number of aromatic nitrogens is 4. The zero-order chi connectivity index (χ0) is 12.7. The summed E-state index contributed by atoms with van der Waals surface area (Å²) in [6.45, 7) is 0. The number of nitrogens with one attached hydrogen (secondary N) is 2. The van der Waals surface area contributed by atoms with Gasteiger partial charge in [-0.05, 0) is 12.1 Å². The fraction of sp³-hybridized carbons (Fsp3) is 0.0833. The van der Waals surface area contributed by atoms with Gasteiger partial charge in [-0.25, -0.2) is 4.79 Å². The second-order valence-corrected chi connectivity index (χ2v) is 4.03. The molecule has 2 heterocycles. The fourth-order valence-corrected chi connectivity index (χ4v) is 2.07. The number of hydrogen-bond donors (Lipinski definition) is 2. The standard InChI is InChI=1S/C12H10N4O2/c1-16-11(8(6-17)5-13-16)7-2-3-9-10(4-7)15-12(18)14-9/h2-6H,1H3,(H2,14,15,18). The summed E-state index contributed by atoms with van der Waals surface area (Å²) in [6.07, 6.45) is 2.29. The van der Waals surface area contributed by atoms with Gasteiger partial charge in [0.25, 0.3) is 0 Å². The highest BCUT2D eigenvalue weighted by Gasteiger charge is 2.11. The molecule has 0 atom stereocenters. The van der Waals surface area contributed by atoms with Crippen molar-refractivity contribution in [1.29, 1.82) is 0 Å². The SMILES string of the molecule is Cn1ncc(C=O)c1-c1ccc2[nH]c(=O)[nH]c2c1. The number of aromatic amines is 2. The van der Waals surface area contributed by atoms with Crippen molar-refractivity contribution in [1.82, 2.24) is 19.7 Å². The number of hydrogen-bond acceptors (Lipinski definition) is 3. The van der Waals surface area contributed by atoms with Gasteiger partial charge in [0, 0.05) is 12.6 Å². The summed E-state index contributed by atoms with van der Waals surface area (Å²) in [4.78, 5) is 27.5. The van der Waals surface area contributed by atoms with Crippen LogP contribution in [0.1, 0.15) is 10.4 Å². The molecule has 0 aliphatic carbocycles. The molecule has 0 bridgehead atoms. The van der Waals surface area contributed by atoms with Crippen molar-refractivity contribution < 1.29 is 4.79 Å². The van der Waals surface area contributed by atoms with E-state index in [0.29, 0.717) is 11.1 Å². The highest BCUT2D eigenvalue weighted by molar-refractivity contribution is 5.88. The van der Waals surface area contributed by atoms with Crippen LogP contribution in [0.5, 0.6) is 0 Å². The number of H-pyrrole nitrogens is 2. The second kappa shape index (κ2) is 3.69. The Morgan fingerprint density at radius 1 is 1.28 bits per heavy atom. The summed E-state index contributed by atoms with van der Waals surface area (Å²) >= 11 is 0. The van der Waals surface area contributed by atoms with Crippen molar-refractivity contribution in [3.63, 3.8) is 0 Å². The monoisotopic (exact) mass is 242 g/mol. The first-order chi connectivity index (χ1) is 8.69. The van der Waals surface area contributed by atoms with Crippen LogP contribution in [0.2, 0.25) is 0 Å². The average molecular weight is 242 g/mol. The van der Waals surface area contributed by atoms with Crippen molar-refractivity contribution in [3.8, 4) is 11.3 Å². The summed E-state index contributed by atoms with van der Waals surface area (Å²) in [7, 11) is 1.77. The predicted octanol–water partition coefficient (Wildman–Crippen LogP) is 1.07. The van der Waals surface area contributed by atoms with Crippen LogP contribution in [0.4, 0.5) is 0 Å². The van der Waals surface area contributed by atoms with E-state index in [1.54, 1.807) is 17.8 Å². The lowest BCUT2D eigenvalue weighted by atomic mass is 10.1. The highest BCUT2D eigenvalue weighted by atomic mass is 16.1. The third-order valence-corrected chi connectivity index (χ3v) is 2.88. The summed E-state index contributed by atoms with van der Waals surface area (Å²) in [6, 6.07) is 5.46. The first-order valence-corrected chi connectivity index (χ1v) is 5.38. The maximum Gasteiger partial charge on any atom is 0.323 e. The van der Waals surface area contributed by atoms with Gasteiger partial charge in [0.1, 0.15) is 0 Å². The Bertz CT molecular complexity index is 794. The summed E-state index contributed by atoms with van der Waals surface area (Å²) in [5, 5.41) is 4.05. The Kier molecular flexibility index (Phi) is 2.16. The molecule has 6 heteroatoms. The van der Waals surface area contributed by atoms with E-state index in [1.165, 1.54) is 6.20 Å². The van der Waals surface area contributed by atoms with E-state index in [2.05, 4.69) is 15.1 Å². The Labute approximate surface area is 101 Å². The van der Waals surface area contributed by atoms with E-state index in [9.17, 15) is 9.59 Å². The van der Waals surface area contributed by atoms with Crippen LogP contribution in [0.25, 0.3) is 22.3 Å². The average Bonchev–Trinajstić information content (AvgIpc) is 2.89. The van der Waals surface area contributed by atoms with Gasteiger partial charge in [0.05, 0.1) is 28.5 Å². The van der Waals surface area contributed by atoms with Crippen LogP contribution in [0.15, 0.2) is 29.2 Å². The van der Waals surface area contributed by atoms with Gasteiger partial charge < -0.3 is 9.97 Å². The molecule has 2 N–H and O–H groups in total. The number of carbonyl (C=O) groups excluding carboxylic acids is 1. The van der Waals surface area contributed by atoms with Crippen molar-refractivity contribution in [3.05, 3.63) is 40.4 Å². The lowest BCUT2D eigenvalue weighted by Gasteiger charge is -2.03. The maximum absolute atomic E-state index is 11.2. The lowest BCUT2D eigenvalue weighted by molar-refractivity contribution is 0.112. The molecule has 0 radical (unpaired) electrons. The predicted molar refractivity (Wildman–Crippen MR) is 66.5 cm³/mol. The van der Waals surface area contributed by atoms with Gasteiger partial charge in [-0.2, -0.15) is 5.10 Å². The van der Waals surface area contributed by atoms with E-state index < -0.39 is 0 Å². The lowest BCUT2D eigenvalue weighted by Crippen LogP contribution is -1.99. The van der Waals surface area contributed by atoms with Crippen LogP contribution in [0, 0.1) is 0 Å². The molecule has 0 fully saturated rings. The molecule has 0 saturated carbocycles. The Balaban J connectivity index is 2.27. The number of aryl methyl sites for hydroxylation is 1. The summed E-state index contributed by atoms with van der Waals surface area (Å²) < 4.78 is 1.63. The quantitative estimate of drug-likeness (QED) is 0.659. The number of rotatable bonds is 2. The molecule has 0 unspecified atom stereocenters. The first kappa shape index (κ1) is 10.5. The van der Waals surface area contributed by atoms with Gasteiger partial charge in [-0.1, -0.05) is 6.07 Å². The van der Waals surface area contributed by atoms with Crippen LogP contribution >= 0.6 is 0 Å². The maximum atomic E-state index is 11.2. The van der Waals surface area contributed by atoms with Gasteiger partial charge in [0.15, 0.2) is 6.29 Å². The third-order valence-electron chi connectivity index (χ3n) is 2.88. The number of fused-ring (bicyclic) bond motifs is 1. The number of benzene rings is 1. The van der Waals surface area contributed by atoms with Crippen LogP contribution in [-0.2, 0) is 7.05 Å². The molecule has 18 heavy (non-hydrogen) atoms. The molecule has 0 aliphatic heterocycles. The number of aldehydes is 1. The molecule has 1 aromatic carbocycles. The molecular formula is C12H10N4O2. The summed E-state index contributed by atoms with van der Waals surface area (Å²) in [5.74, 6) is 0. The smallest absolute Gasteiger partial charge is 0.306 e. The first-order valence-electron chi connectivity index (χ1n) is 5.38. The van der Waals surface area contributed by atoms with Gasteiger partial charge in [-0.15, -0.1) is 0 Å². The molecule has 0 aliphatic rings. The molecule has 0 spiro atoms. The van der Waals surface area contributed by atoms with Crippen molar-refractivity contribution in [2.24, 2.45) is 7.05 Å². The Morgan fingerprint density at radius 2 is 2.06 bits per heavy atom. The van der Waals surface area contributed by atoms with Crippen molar-refractivity contribution in [2.45, 2.75) is 0 Å². The number of nitrogens with zero attached hydrogens (tertiary/aromatic N) is 2. The van der Waals surface area contributed by atoms with Gasteiger partial charge in [-0.3, -0.25) is 9.48 Å². The van der Waals surface area contributed by atoms with Crippen LogP contribution in [0.3, 0.4) is 0 Å². The van der Waals surface area contributed by atoms with Gasteiger partial charge in [0.2, 0.25) is 0 Å². The normalized spacial score (nSPS) is 10.9. The highest BCUT2D eigenvalue weighted by Crippen LogP contribution is 2.24. The van der Waals surface area contributed by atoms with Gasteiger partial charge >= 0.3 is 5.69 Å². The topological polar surface area (TPSA) is 83.5 Å². The molecule has 6 nitrogen and oxygen atoms in total. The Morgan fingerprint density at radius 3 is 2.83 bits per heavy atom.